The molecule has 0 fully saturated rings. The first-order chi connectivity index (χ1) is 12.9. The molecule has 0 saturated heterocycles. The van der Waals surface area contributed by atoms with Crippen molar-refractivity contribution in [3.8, 4) is 0 Å². The number of carbonyl (C=O) groups excluding carboxylic acids is 1. The van der Waals surface area contributed by atoms with Gasteiger partial charge in [-0.05, 0) is 26.0 Å². The van der Waals surface area contributed by atoms with Crippen LogP contribution in [0.15, 0.2) is 29.8 Å². The van der Waals surface area contributed by atoms with Gasteiger partial charge in [-0.1, -0.05) is 17.7 Å². The van der Waals surface area contributed by atoms with Crippen molar-refractivity contribution in [2.24, 2.45) is 0 Å². The number of amides is 1. The molecule has 0 unspecified atom stereocenters. The number of rotatable bonds is 7. The Morgan fingerprint density at radius 2 is 1.96 bits per heavy atom. The second-order valence-corrected chi connectivity index (χ2v) is 8.81. The van der Waals surface area contributed by atoms with Gasteiger partial charge in [0.2, 0.25) is 0 Å². The molecule has 0 N–H and O–H groups in total. The minimum absolute atomic E-state index is 0.0789. The average Bonchev–Trinajstić information content (AvgIpc) is 3.22. The van der Waals surface area contributed by atoms with Gasteiger partial charge in [0.25, 0.3) is 5.91 Å². The van der Waals surface area contributed by atoms with Crippen molar-refractivity contribution >= 4 is 40.2 Å². The number of aryl methyl sites for hydroxylation is 2. The third-order valence-electron chi connectivity index (χ3n) is 3.99. The van der Waals surface area contributed by atoms with Crippen molar-refractivity contribution < 1.29 is 9.18 Å². The quantitative estimate of drug-likeness (QED) is 0.540. The van der Waals surface area contributed by atoms with E-state index in [2.05, 4.69) is 9.97 Å². The summed E-state index contributed by atoms with van der Waals surface area (Å²) in [4.78, 5) is 24.6. The Kier molecular flexibility index (Phi) is 6.57. The Morgan fingerprint density at radius 3 is 2.56 bits per heavy atom. The standard InChI is InChI=1S/C19H19ClFN3OS2/c1-12-11-26-17(23-12)7-9-24(8-6-16-22-10-13(2)27-16)19(25)18-14(20)4-3-5-15(18)21/h3-5,10-11H,6-9H2,1-2H3. The maximum absolute atomic E-state index is 14.2. The van der Waals surface area contributed by atoms with Crippen molar-refractivity contribution in [3.63, 3.8) is 0 Å². The monoisotopic (exact) mass is 423 g/mol. The lowest BCUT2D eigenvalue weighted by atomic mass is 10.1. The van der Waals surface area contributed by atoms with E-state index in [-0.39, 0.29) is 10.6 Å². The first-order valence-corrected chi connectivity index (χ1v) is 10.6. The lowest BCUT2D eigenvalue weighted by Gasteiger charge is -2.23. The number of aromatic nitrogens is 2. The number of benzene rings is 1. The Hall–Kier alpha value is -1.83. The van der Waals surface area contributed by atoms with Crippen LogP contribution in [0.5, 0.6) is 0 Å². The van der Waals surface area contributed by atoms with Gasteiger partial charge in [-0.2, -0.15) is 0 Å². The first-order valence-electron chi connectivity index (χ1n) is 8.49. The van der Waals surface area contributed by atoms with Crippen LogP contribution in [0.1, 0.15) is 30.9 Å². The van der Waals surface area contributed by atoms with Crippen LogP contribution in [0.2, 0.25) is 5.02 Å². The summed E-state index contributed by atoms with van der Waals surface area (Å²) in [7, 11) is 0. The zero-order chi connectivity index (χ0) is 19.4. The van der Waals surface area contributed by atoms with E-state index in [4.69, 9.17) is 11.6 Å². The molecule has 1 aromatic carbocycles. The van der Waals surface area contributed by atoms with Crippen molar-refractivity contribution in [2.45, 2.75) is 26.7 Å². The predicted molar refractivity (Wildman–Crippen MR) is 108 cm³/mol. The number of halogens is 2. The summed E-state index contributed by atoms with van der Waals surface area (Å²) in [6.45, 7) is 4.82. The Balaban J connectivity index is 1.78. The Labute approximate surface area is 170 Å². The third kappa shape index (κ3) is 5.12. The molecule has 27 heavy (non-hydrogen) atoms. The predicted octanol–water partition coefficient (Wildman–Crippen LogP) is 4.94. The van der Waals surface area contributed by atoms with Crippen LogP contribution in [0.4, 0.5) is 4.39 Å². The molecule has 3 rings (SSSR count). The van der Waals surface area contributed by atoms with Gasteiger partial charge in [-0.25, -0.2) is 14.4 Å². The SMILES string of the molecule is Cc1csc(CCN(CCc2ncc(C)s2)C(=O)c2c(F)cccc2Cl)n1. The molecule has 0 aliphatic rings. The number of nitrogens with zero attached hydrogens (tertiary/aromatic N) is 3. The first kappa shape index (κ1) is 19.9. The van der Waals surface area contributed by atoms with Crippen molar-refractivity contribution in [2.75, 3.05) is 13.1 Å². The van der Waals surface area contributed by atoms with E-state index in [0.29, 0.717) is 25.9 Å². The Bertz CT molecular complexity index is 876. The summed E-state index contributed by atoms with van der Waals surface area (Å²) in [6.07, 6.45) is 3.05. The average molecular weight is 424 g/mol. The molecule has 8 heteroatoms. The summed E-state index contributed by atoms with van der Waals surface area (Å²) in [6, 6.07) is 4.28. The maximum atomic E-state index is 14.2. The van der Waals surface area contributed by atoms with E-state index in [9.17, 15) is 9.18 Å². The van der Waals surface area contributed by atoms with Gasteiger partial charge in [-0.3, -0.25) is 4.79 Å². The zero-order valence-electron chi connectivity index (χ0n) is 15.0. The fourth-order valence-corrected chi connectivity index (χ4v) is 4.46. The summed E-state index contributed by atoms with van der Waals surface area (Å²) in [5.74, 6) is -1.01. The summed E-state index contributed by atoms with van der Waals surface area (Å²) >= 11 is 9.27. The van der Waals surface area contributed by atoms with Gasteiger partial charge in [0.1, 0.15) is 5.82 Å². The van der Waals surface area contributed by atoms with Crippen LogP contribution < -0.4 is 0 Å². The van der Waals surface area contributed by atoms with E-state index >= 15 is 0 Å². The highest BCUT2D eigenvalue weighted by Gasteiger charge is 2.22. The largest absolute Gasteiger partial charge is 0.338 e. The van der Waals surface area contributed by atoms with Gasteiger partial charge >= 0.3 is 0 Å². The number of hydrogen-bond acceptors (Lipinski definition) is 5. The van der Waals surface area contributed by atoms with Crippen LogP contribution in [-0.2, 0) is 12.8 Å². The molecule has 0 radical (unpaired) electrons. The highest BCUT2D eigenvalue weighted by atomic mass is 35.5. The maximum Gasteiger partial charge on any atom is 0.258 e. The van der Waals surface area contributed by atoms with Gasteiger partial charge in [0.05, 0.1) is 20.6 Å². The van der Waals surface area contributed by atoms with Crippen LogP contribution >= 0.6 is 34.3 Å². The van der Waals surface area contributed by atoms with E-state index in [1.54, 1.807) is 27.6 Å². The molecule has 0 spiro atoms. The molecule has 142 valence electrons. The second kappa shape index (κ2) is 8.91. The molecule has 2 aromatic heterocycles. The molecular weight excluding hydrogens is 405 g/mol. The van der Waals surface area contributed by atoms with Crippen LogP contribution in [0.3, 0.4) is 0 Å². The van der Waals surface area contributed by atoms with Gasteiger partial charge in [0.15, 0.2) is 0 Å². The van der Waals surface area contributed by atoms with Crippen molar-refractivity contribution in [1.82, 2.24) is 14.9 Å². The second-order valence-electron chi connectivity index (χ2n) is 6.14. The fourth-order valence-electron chi connectivity index (χ4n) is 2.67. The molecule has 0 aliphatic heterocycles. The molecule has 1 amide bonds. The smallest absolute Gasteiger partial charge is 0.258 e. The van der Waals surface area contributed by atoms with Crippen molar-refractivity contribution in [3.05, 3.63) is 66.8 Å². The molecule has 0 aliphatic carbocycles. The van der Waals surface area contributed by atoms with Crippen molar-refractivity contribution in [1.29, 1.82) is 0 Å². The van der Waals surface area contributed by atoms with Crippen LogP contribution in [0, 0.1) is 19.7 Å². The normalized spacial score (nSPS) is 11.0. The summed E-state index contributed by atoms with van der Waals surface area (Å²) < 4.78 is 14.2. The third-order valence-corrected chi connectivity index (χ3v) is 6.30. The van der Waals surface area contributed by atoms with E-state index in [0.717, 1.165) is 20.6 Å². The van der Waals surface area contributed by atoms with E-state index < -0.39 is 11.7 Å². The zero-order valence-corrected chi connectivity index (χ0v) is 17.4. The van der Waals surface area contributed by atoms with Crippen LogP contribution in [-0.4, -0.2) is 33.9 Å². The van der Waals surface area contributed by atoms with Gasteiger partial charge in [0, 0.05) is 48.1 Å². The van der Waals surface area contributed by atoms with E-state index in [1.807, 2.05) is 25.4 Å². The van der Waals surface area contributed by atoms with Gasteiger partial charge in [-0.15, -0.1) is 22.7 Å². The Morgan fingerprint density at radius 1 is 1.22 bits per heavy atom. The van der Waals surface area contributed by atoms with Gasteiger partial charge < -0.3 is 4.90 Å². The van der Waals surface area contributed by atoms with Crippen LogP contribution in [0.25, 0.3) is 0 Å². The molecule has 0 atom stereocenters. The molecular formula is C19H19ClFN3OS2. The molecule has 0 bridgehead atoms. The fraction of sp³-hybridized carbons (Fsp3) is 0.316. The topological polar surface area (TPSA) is 46.1 Å². The summed E-state index contributed by atoms with van der Waals surface area (Å²) in [5.41, 5.74) is 0.882. The lowest BCUT2D eigenvalue weighted by molar-refractivity contribution is 0.0754. The lowest BCUT2D eigenvalue weighted by Crippen LogP contribution is -2.35. The molecule has 3 aromatic rings. The molecule has 4 nitrogen and oxygen atoms in total. The van der Waals surface area contributed by atoms with E-state index in [1.165, 1.54) is 18.2 Å². The molecule has 0 saturated carbocycles. The molecule has 2 heterocycles. The number of hydrogen-bond donors (Lipinski definition) is 0. The minimum atomic E-state index is -0.604. The summed E-state index contributed by atoms with van der Waals surface area (Å²) in [5, 5.41) is 4.01. The number of carbonyl (C=O) groups is 1. The highest BCUT2D eigenvalue weighted by Crippen LogP contribution is 2.22. The minimum Gasteiger partial charge on any atom is -0.338 e. The highest BCUT2D eigenvalue weighted by molar-refractivity contribution is 7.11. The number of thiazole rings is 2.